The van der Waals surface area contributed by atoms with Crippen molar-refractivity contribution < 1.29 is 24.0 Å². The Balaban J connectivity index is 1.70. The van der Waals surface area contributed by atoms with Crippen LogP contribution in [0.25, 0.3) is 11.3 Å². The molecule has 0 atom stereocenters. The highest BCUT2D eigenvalue weighted by Crippen LogP contribution is 2.26. The Morgan fingerprint density at radius 3 is 2.67 bits per heavy atom. The van der Waals surface area contributed by atoms with Gasteiger partial charge in [0, 0.05) is 25.2 Å². The standard InChI is InChI=1S/C23H22FN3O6/c1-14-10-15(12-16(24)11-14)19-13-17(21(28)23(30)26(19)2)22(29)25-8-5-9-33-20-7-4-3-6-18(20)27(31)32/h3-4,6-7,10-13,28H,5,8-9H2,1-2H3,(H,25,29). The van der Waals surface area contributed by atoms with Gasteiger partial charge in [-0.2, -0.15) is 0 Å². The first-order valence-electron chi connectivity index (χ1n) is 10.0. The Labute approximate surface area is 188 Å². The van der Waals surface area contributed by atoms with Crippen molar-refractivity contribution in [1.29, 1.82) is 0 Å². The van der Waals surface area contributed by atoms with Crippen molar-refractivity contribution in [3.8, 4) is 22.8 Å². The molecule has 0 unspecified atom stereocenters. The molecule has 33 heavy (non-hydrogen) atoms. The Morgan fingerprint density at radius 2 is 1.97 bits per heavy atom. The first-order valence-corrected chi connectivity index (χ1v) is 10.0. The molecule has 0 aliphatic heterocycles. The number of amides is 1. The Hall–Kier alpha value is -4.21. The topological polar surface area (TPSA) is 124 Å². The van der Waals surface area contributed by atoms with Gasteiger partial charge in [-0.3, -0.25) is 19.7 Å². The SMILES string of the molecule is Cc1cc(F)cc(-c2cc(C(=O)NCCCOc3ccccc3[N+](=O)[O-])c(O)c(=O)n2C)c1. The molecule has 0 spiro atoms. The van der Waals surface area contributed by atoms with E-state index in [-0.39, 0.29) is 35.8 Å². The first-order chi connectivity index (χ1) is 15.7. The van der Waals surface area contributed by atoms with E-state index in [4.69, 9.17) is 4.74 Å². The molecule has 9 nitrogen and oxygen atoms in total. The van der Waals surface area contributed by atoms with Crippen LogP contribution in [0.2, 0.25) is 0 Å². The number of pyridine rings is 1. The van der Waals surface area contributed by atoms with Gasteiger partial charge in [-0.25, -0.2) is 4.39 Å². The second kappa shape index (κ2) is 9.94. The van der Waals surface area contributed by atoms with Crippen molar-refractivity contribution in [2.24, 2.45) is 7.05 Å². The minimum absolute atomic E-state index is 0.0987. The molecule has 3 rings (SSSR count). The highest BCUT2D eigenvalue weighted by Gasteiger charge is 2.19. The van der Waals surface area contributed by atoms with Gasteiger partial charge in [0.05, 0.1) is 22.8 Å². The lowest BCUT2D eigenvalue weighted by Crippen LogP contribution is -2.29. The molecule has 2 aromatic carbocycles. The van der Waals surface area contributed by atoms with Crippen LogP contribution >= 0.6 is 0 Å². The van der Waals surface area contributed by atoms with E-state index in [1.165, 1.54) is 43.4 Å². The van der Waals surface area contributed by atoms with Crippen molar-refractivity contribution in [3.05, 3.63) is 85.9 Å². The summed E-state index contributed by atoms with van der Waals surface area (Å²) in [6.07, 6.45) is 0.319. The van der Waals surface area contributed by atoms with Crippen LogP contribution in [-0.4, -0.2) is 33.7 Å². The highest BCUT2D eigenvalue weighted by molar-refractivity contribution is 5.97. The van der Waals surface area contributed by atoms with E-state index in [9.17, 15) is 29.2 Å². The van der Waals surface area contributed by atoms with Gasteiger partial charge in [0.1, 0.15) is 5.82 Å². The van der Waals surface area contributed by atoms with Crippen LogP contribution in [0.4, 0.5) is 10.1 Å². The van der Waals surface area contributed by atoms with Crippen LogP contribution in [0.1, 0.15) is 22.3 Å². The van der Waals surface area contributed by atoms with E-state index in [1.807, 2.05) is 0 Å². The number of carbonyl (C=O) groups is 1. The summed E-state index contributed by atoms with van der Waals surface area (Å²) < 4.78 is 20.4. The van der Waals surface area contributed by atoms with E-state index in [2.05, 4.69) is 5.32 Å². The number of nitro benzene ring substituents is 1. The minimum atomic E-state index is -0.792. The number of hydrogen-bond acceptors (Lipinski definition) is 6. The molecule has 3 aromatic rings. The van der Waals surface area contributed by atoms with E-state index in [0.717, 1.165) is 4.57 Å². The summed E-state index contributed by atoms with van der Waals surface area (Å²) in [7, 11) is 1.42. The lowest BCUT2D eigenvalue weighted by atomic mass is 10.0. The molecule has 2 N–H and O–H groups in total. The van der Waals surface area contributed by atoms with Gasteiger partial charge in [0.15, 0.2) is 11.5 Å². The van der Waals surface area contributed by atoms with Gasteiger partial charge >= 0.3 is 5.69 Å². The second-order valence-electron chi connectivity index (χ2n) is 7.36. The average molecular weight is 455 g/mol. The molecule has 1 aromatic heterocycles. The third-order valence-corrected chi connectivity index (χ3v) is 4.91. The van der Waals surface area contributed by atoms with Gasteiger partial charge in [0.25, 0.3) is 11.5 Å². The van der Waals surface area contributed by atoms with Gasteiger partial charge in [-0.15, -0.1) is 0 Å². The molecule has 1 amide bonds. The molecule has 0 saturated carbocycles. The molecule has 0 saturated heterocycles. The number of para-hydroxylation sites is 2. The Bertz CT molecular complexity index is 1250. The predicted octanol–water partition coefficient (Wildman–Crippen LogP) is 3.31. The summed E-state index contributed by atoms with van der Waals surface area (Å²) in [5, 5.41) is 23.8. The van der Waals surface area contributed by atoms with E-state index < -0.39 is 28.0 Å². The van der Waals surface area contributed by atoms with Crippen LogP contribution in [-0.2, 0) is 7.05 Å². The monoisotopic (exact) mass is 455 g/mol. The Kier molecular flexibility index (Phi) is 7.07. The molecule has 0 bridgehead atoms. The van der Waals surface area contributed by atoms with Crippen LogP contribution in [0.5, 0.6) is 11.5 Å². The Morgan fingerprint density at radius 1 is 1.24 bits per heavy atom. The summed E-state index contributed by atoms with van der Waals surface area (Å²) in [4.78, 5) is 35.5. The van der Waals surface area contributed by atoms with Crippen LogP contribution in [0.15, 0.2) is 53.3 Å². The van der Waals surface area contributed by atoms with Gasteiger partial charge in [0.2, 0.25) is 0 Å². The smallest absolute Gasteiger partial charge is 0.310 e. The van der Waals surface area contributed by atoms with Crippen LogP contribution in [0, 0.1) is 22.9 Å². The molecular formula is C23H22FN3O6. The molecule has 1 heterocycles. The van der Waals surface area contributed by atoms with Crippen molar-refractivity contribution in [3.63, 3.8) is 0 Å². The van der Waals surface area contributed by atoms with Crippen LogP contribution < -0.4 is 15.6 Å². The average Bonchev–Trinajstić information content (AvgIpc) is 2.76. The highest BCUT2D eigenvalue weighted by atomic mass is 19.1. The van der Waals surface area contributed by atoms with E-state index in [1.54, 1.807) is 19.1 Å². The number of aryl methyl sites for hydroxylation is 1. The summed E-state index contributed by atoms with van der Waals surface area (Å²) >= 11 is 0. The zero-order valence-electron chi connectivity index (χ0n) is 18.0. The largest absolute Gasteiger partial charge is 0.502 e. The molecule has 10 heteroatoms. The lowest BCUT2D eigenvalue weighted by Gasteiger charge is -2.14. The van der Waals surface area contributed by atoms with Gasteiger partial charge < -0.3 is 19.7 Å². The van der Waals surface area contributed by atoms with Crippen molar-refractivity contribution in [1.82, 2.24) is 9.88 Å². The molecule has 0 aliphatic carbocycles. The maximum Gasteiger partial charge on any atom is 0.310 e. The maximum atomic E-state index is 13.9. The zero-order chi connectivity index (χ0) is 24.1. The fourth-order valence-electron chi connectivity index (χ4n) is 3.30. The number of ether oxygens (including phenoxy) is 1. The minimum Gasteiger partial charge on any atom is -0.502 e. The predicted molar refractivity (Wildman–Crippen MR) is 119 cm³/mol. The third kappa shape index (κ3) is 5.35. The summed E-state index contributed by atoms with van der Waals surface area (Å²) in [6, 6.07) is 11.5. The molecule has 0 radical (unpaired) electrons. The number of carbonyl (C=O) groups excluding carboxylic acids is 1. The fraction of sp³-hybridized carbons (Fsp3) is 0.217. The zero-order valence-corrected chi connectivity index (χ0v) is 18.0. The molecule has 172 valence electrons. The molecular weight excluding hydrogens is 433 g/mol. The lowest BCUT2D eigenvalue weighted by molar-refractivity contribution is -0.385. The number of hydrogen-bond donors (Lipinski definition) is 2. The quantitative estimate of drug-likeness (QED) is 0.305. The summed E-state index contributed by atoms with van der Waals surface area (Å²) in [5.74, 6) is -1.78. The number of aromatic hydroxyl groups is 1. The third-order valence-electron chi connectivity index (χ3n) is 4.91. The maximum absolute atomic E-state index is 13.9. The number of rotatable bonds is 8. The number of nitrogens with zero attached hydrogens (tertiary/aromatic N) is 2. The van der Waals surface area contributed by atoms with Crippen molar-refractivity contribution >= 4 is 11.6 Å². The summed E-state index contributed by atoms with van der Waals surface area (Å²) in [6.45, 7) is 1.93. The number of nitro groups is 1. The number of benzene rings is 2. The van der Waals surface area contributed by atoms with Gasteiger partial charge in [-0.05, 0) is 49.2 Å². The number of nitrogens with one attached hydrogen (secondary N) is 1. The van der Waals surface area contributed by atoms with Crippen molar-refractivity contribution in [2.45, 2.75) is 13.3 Å². The van der Waals surface area contributed by atoms with E-state index in [0.29, 0.717) is 17.5 Å². The second-order valence-corrected chi connectivity index (χ2v) is 7.36. The molecule has 0 aliphatic rings. The fourth-order valence-corrected chi connectivity index (χ4v) is 3.30. The van der Waals surface area contributed by atoms with Crippen molar-refractivity contribution in [2.75, 3.05) is 13.2 Å². The van der Waals surface area contributed by atoms with Gasteiger partial charge in [-0.1, -0.05) is 12.1 Å². The van der Waals surface area contributed by atoms with Crippen LogP contribution in [0.3, 0.4) is 0 Å². The normalized spacial score (nSPS) is 10.6. The summed E-state index contributed by atoms with van der Waals surface area (Å²) in [5.41, 5.74) is 0.0973. The first kappa shape index (κ1) is 23.5. The van der Waals surface area contributed by atoms with E-state index >= 15 is 0 Å². The number of aromatic nitrogens is 1. The number of halogens is 1. The molecule has 0 fully saturated rings.